The van der Waals surface area contributed by atoms with E-state index >= 15 is 0 Å². The Morgan fingerprint density at radius 2 is 2.29 bits per heavy atom. The highest BCUT2D eigenvalue weighted by molar-refractivity contribution is 9.10. The van der Waals surface area contributed by atoms with Gasteiger partial charge >= 0.3 is 5.97 Å². The monoisotopic (exact) mass is 439 g/mol. The molecule has 1 aliphatic heterocycles. The molecule has 1 saturated heterocycles. The summed E-state index contributed by atoms with van der Waals surface area (Å²) in [6.07, 6.45) is 0.652. The van der Waals surface area contributed by atoms with E-state index in [1.807, 2.05) is 31.2 Å². The first-order valence-corrected chi connectivity index (χ1v) is 9.79. The predicted octanol–water partition coefficient (Wildman–Crippen LogP) is 4.34. The van der Waals surface area contributed by atoms with Crippen molar-refractivity contribution in [2.75, 3.05) is 13.1 Å². The quantitative estimate of drug-likeness (QED) is 0.649. The second kappa shape index (κ2) is 7.38. The van der Waals surface area contributed by atoms with Crippen molar-refractivity contribution in [3.63, 3.8) is 0 Å². The zero-order chi connectivity index (χ0) is 19.8. The summed E-state index contributed by atoms with van der Waals surface area (Å²) in [4.78, 5) is 17.9. The van der Waals surface area contributed by atoms with Crippen LogP contribution in [-0.2, 0) is 11.3 Å². The van der Waals surface area contributed by atoms with Crippen molar-refractivity contribution < 1.29 is 14.3 Å². The first-order chi connectivity index (χ1) is 13.5. The number of aromatic nitrogens is 1. The highest BCUT2D eigenvalue weighted by atomic mass is 79.9. The van der Waals surface area contributed by atoms with Crippen LogP contribution in [0.4, 0.5) is 0 Å². The Bertz CT molecular complexity index is 1120. The number of rotatable bonds is 4. The van der Waals surface area contributed by atoms with Crippen molar-refractivity contribution in [1.29, 1.82) is 5.26 Å². The number of carbonyl (C=O) groups is 1. The summed E-state index contributed by atoms with van der Waals surface area (Å²) >= 11 is 3.52. The third-order valence-electron chi connectivity index (χ3n) is 5.20. The number of hydrogen-bond acceptors (Lipinski definition) is 5. The number of fused-ring (bicyclic) bond motifs is 1. The molecule has 0 bridgehead atoms. The van der Waals surface area contributed by atoms with E-state index < -0.39 is 5.97 Å². The minimum atomic E-state index is -0.749. The fraction of sp³-hybridized carbons (Fsp3) is 0.286. The van der Waals surface area contributed by atoms with Crippen LogP contribution >= 0.6 is 15.9 Å². The second-order valence-corrected chi connectivity index (χ2v) is 7.95. The summed E-state index contributed by atoms with van der Waals surface area (Å²) in [5.41, 5.74) is 4.38. The van der Waals surface area contributed by atoms with Crippen LogP contribution in [0.5, 0.6) is 0 Å². The molecule has 0 radical (unpaired) electrons. The Hall–Kier alpha value is -2.69. The summed E-state index contributed by atoms with van der Waals surface area (Å²) < 4.78 is 6.91. The number of carboxylic acids is 1. The smallest absolute Gasteiger partial charge is 0.307 e. The summed E-state index contributed by atoms with van der Waals surface area (Å²) in [5, 5.41) is 18.8. The lowest BCUT2D eigenvalue weighted by Crippen LogP contribution is -2.22. The Morgan fingerprint density at radius 1 is 1.46 bits per heavy atom. The molecule has 7 heteroatoms. The average molecular weight is 440 g/mol. The van der Waals surface area contributed by atoms with Crippen molar-refractivity contribution in [3.8, 4) is 17.5 Å². The molecule has 1 fully saturated rings. The van der Waals surface area contributed by atoms with Gasteiger partial charge in [-0.05, 0) is 55.3 Å². The largest absolute Gasteiger partial charge is 0.481 e. The van der Waals surface area contributed by atoms with E-state index in [2.05, 4.69) is 31.9 Å². The molecule has 6 nitrogen and oxygen atoms in total. The molecule has 0 aliphatic carbocycles. The third-order valence-corrected chi connectivity index (χ3v) is 6.06. The Labute approximate surface area is 170 Å². The Morgan fingerprint density at radius 3 is 3.00 bits per heavy atom. The number of halogens is 1. The van der Waals surface area contributed by atoms with Crippen LogP contribution in [-0.4, -0.2) is 34.0 Å². The summed E-state index contributed by atoms with van der Waals surface area (Å²) in [6, 6.07) is 11.7. The maximum absolute atomic E-state index is 11.2. The van der Waals surface area contributed by atoms with E-state index in [0.29, 0.717) is 42.1 Å². The van der Waals surface area contributed by atoms with Gasteiger partial charge in [-0.15, -0.1) is 0 Å². The summed E-state index contributed by atoms with van der Waals surface area (Å²) in [7, 11) is 0. The van der Waals surface area contributed by atoms with Gasteiger partial charge in [-0.2, -0.15) is 5.26 Å². The van der Waals surface area contributed by atoms with Crippen molar-refractivity contribution in [1.82, 2.24) is 9.88 Å². The number of aliphatic carboxylic acids is 1. The van der Waals surface area contributed by atoms with E-state index in [-0.39, 0.29) is 5.92 Å². The first kappa shape index (κ1) is 18.7. The van der Waals surface area contributed by atoms with Gasteiger partial charge < -0.3 is 9.52 Å². The molecule has 0 spiro atoms. The molecular formula is C21H18BrN3O3. The topological polar surface area (TPSA) is 90.4 Å². The lowest BCUT2D eigenvalue weighted by Gasteiger charge is -2.15. The van der Waals surface area contributed by atoms with Gasteiger partial charge in [0.1, 0.15) is 11.6 Å². The maximum atomic E-state index is 11.2. The number of nitrogens with zero attached hydrogens (tertiary/aromatic N) is 3. The van der Waals surface area contributed by atoms with Crippen LogP contribution in [0.3, 0.4) is 0 Å². The number of benzene rings is 2. The number of carboxylic acid groups (broad SMARTS) is 1. The van der Waals surface area contributed by atoms with Gasteiger partial charge in [-0.25, -0.2) is 4.98 Å². The van der Waals surface area contributed by atoms with E-state index in [9.17, 15) is 15.2 Å². The van der Waals surface area contributed by atoms with Gasteiger partial charge in [0.2, 0.25) is 5.89 Å². The van der Waals surface area contributed by atoms with Crippen molar-refractivity contribution in [2.45, 2.75) is 19.9 Å². The lowest BCUT2D eigenvalue weighted by molar-refractivity contribution is -0.141. The second-order valence-electron chi connectivity index (χ2n) is 7.09. The minimum Gasteiger partial charge on any atom is -0.481 e. The van der Waals surface area contributed by atoms with Crippen LogP contribution in [0.15, 0.2) is 39.2 Å². The zero-order valence-corrected chi connectivity index (χ0v) is 16.9. The molecule has 142 valence electrons. The number of hydrogen-bond donors (Lipinski definition) is 1. The van der Waals surface area contributed by atoms with E-state index in [1.165, 1.54) is 0 Å². The van der Waals surface area contributed by atoms with Gasteiger partial charge in [-0.1, -0.05) is 22.0 Å². The van der Waals surface area contributed by atoms with Gasteiger partial charge in [-0.3, -0.25) is 9.69 Å². The van der Waals surface area contributed by atoms with Gasteiger partial charge in [0, 0.05) is 23.1 Å². The van der Waals surface area contributed by atoms with Gasteiger partial charge in [0.05, 0.1) is 11.5 Å². The van der Waals surface area contributed by atoms with Crippen molar-refractivity contribution in [2.24, 2.45) is 5.92 Å². The standard InChI is InChI=1S/C21H18BrN3O3/c1-12-16(3-2-4-17(12)22)20-24-18-8-13(7-15(9-23)19(18)28-20)10-25-6-5-14(11-25)21(26)27/h2-4,7-8,14H,5-6,10-11H2,1H3,(H,26,27). The molecule has 2 heterocycles. The van der Waals surface area contributed by atoms with Crippen LogP contribution in [0.2, 0.25) is 0 Å². The normalized spacial score (nSPS) is 17.1. The van der Waals surface area contributed by atoms with Crippen molar-refractivity contribution >= 4 is 33.0 Å². The first-order valence-electron chi connectivity index (χ1n) is 9.00. The molecule has 4 rings (SSSR count). The molecule has 1 atom stereocenters. The Kier molecular flexibility index (Phi) is 4.92. The molecule has 0 amide bonds. The lowest BCUT2D eigenvalue weighted by atomic mass is 10.1. The summed E-state index contributed by atoms with van der Waals surface area (Å²) in [5.74, 6) is -0.590. The molecule has 1 aliphatic rings. The molecule has 1 unspecified atom stereocenters. The molecule has 0 saturated carbocycles. The third kappa shape index (κ3) is 3.41. The SMILES string of the molecule is Cc1c(Br)cccc1-c1nc2cc(CN3CCC(C(=O)O)C3)cc(C#N)c2o1. The number of likely N-dealkylation sites (tertiary alicyclic amines) is 1. The van der Waals surface area contributed by atoms with Crippen LogP contribution in [0.1, 0.15) is 23.1 Å². The van der Waals surface area contributed by atoms with Gasteiger partial charge in [0.25, 0.3) is 0 Å². The molecule has 28 heavy (non-hydrogen) atoms. The summed E-state index contributed by atoms with van der Waals surface area (Å²) in [6.45, 7) is 3.83. The fourth-order valence-electron chi connectivity index (χ4n) is 3.66. The van der Waals surface area contributed by atoms with Crippen LogP contribution in [0, 0.1) is 24.2 Å². The highest BCUT2D eigenvalue weighted by Crippen LogP contribution is 2.32. The van der Waals surface area contributed by atoms with Gasteiger partial charge in [0.15, 0.2) is 5.58 Å². The minimum absolute atomic E-state index is 0.322. The average Bonchev–Trinajstić information content (AvgIpc) is 3.30. The predicted molar refractivity (Wildman–Crippen MR) is 108 cm³/mol. The van der Waals surface area contributed by atoms with Crippen LogP contribution in [0.25, 0.3) is 22.6 Å². The maximum Gasteiger partial charge on any atom is 0.307 e. The fourth-order valence-corrected chi connectivity index (χ4v) is 4.02. The number of oxazole rings is 1. The molecule has 2 aromatic carbocycles. The molecule has 1 aromatic heterocycles. The van der Waals surface area contributed by atoms with E-state index in [0.717, 1.165) is 27.7 Å². The van der Waals surface area contributed by atoms with E-state index in [4.69, 9.17) is 4.42 Å². The Balaban J connectivity index is 1.69. The highest BCUT2D eigenvalue weighted by Gasteiger charge is 2.28. The molecular weight excluding hydrogens is 422 g/mol. The zero-order valence-electron chi connectivity index (χ0n) is 15.3. The van der Waals surface area contributed by atoms with E-state index in [1.54, 1.807) is 6.07 Å². The van der Waals surface area contributed by atoms with Crippen molar-refractivity contribution in [3.05, 3.63) is 51.5 Å². The molecule has 1 N–H and O–H groups in total. The van der Waals surface area contributed by atoms with Crippen LogP contribution < -0.4 is 0 Å². The molecule has 3 aromatic rings. The number of nitriles is 1.